The molecule has 30 heavy (non-hydrogen) atoms. The molecule has 2 aliphatic heterocycles. The van der Waals surface area contributed by atoms with Crippen LogP contribution < -0.4 is 5.32 Å². The third-order valence-corrected chi connectivity index (χ3v) is 8.75. The minimum Gasteiger partial charge on any atom is -0.379 e. The molecule has 154 valence electrons. The maximum atomic E-state index is 5.90. The first-order chi connectivity index (χ1) is 14.8. The predicted molar refractivity (Wildman–Crippen MR) is 125 cm³/mol. The third kappa shape index (κ3) is 2.87. The van der Waals surface area contributed by atoms with Crippen LogP contribution in [0, 0.1) is 0 Å². The largest absolute Gasteiger partial charge is 0.379 e. The van der Waals surface area contributed by atoms with Crippen LogP contribution in [0.4, 0.5) is 11.4 Å². The average Bonchev–Trinajstić information content (AvgIpc) is 3.55. The molecule has 5 heterocycles. The van der Waals surface area contributed by atoms with Gasteiger partial charge in [-0.15, -0.1) is 22.7 Å². The summed E-state index contributed by atoms with van der Waals surface area (Å²) in [4.78, 5) is 14.3. The minimum atomic E-state index is 0.166. The van der Waals surface area contributed by atoms with Gasteiger partial charge in [0.15, 0.2) is 0 Å². The molecule has 0 saturated carbocycles. The summed E-state index contributed by atoms with van der Waals surface area (Å²) in [5.74, 6) is 0.526. The van der Waals surface area contributed by atoms with Gasteiger partial charge in [0, 0.05) is 34.7 Å². The van der Waals surface area contributed by atoms with E-state index in [1.165, 1.54) is 21.4 Å². The summed E-state index contributed by atoms with van der Waals surface area (Å²) < 4.78 is 7.11. The number of nitrogens with zero attached hydrogens (tertiary/aromatic N) is 3. The fourth-order valence-corrected chi connectivity index (χ4v) is 7.23. The van der Waals surface area contributed by atoms with Gasteiger partial charge in [0.1, 0.15) is 4.83 Å². The Morgan fingerprint density at radius 1 is 1.27 bits per heavy atom. The van der Waals surface area contributed by atoms with E-state index in [2.05, 4.69) is 52.5 Å². The molecular weight excluding hydrogens is 412 g/mol. The van der Waals surface area contributed by atoms with Crippen LogP contribution >= 0.6 is 22.7 Å². The van der Waals surface area contributed by atoms with Crippen molar-refractivity contribution >= 4 is 54.5 Å². The monoisotopic (exact) mass is 436 g/mol. The molecule has 1 spiro atoms. The molecule has 0 amide bonds. The van der Waals surface area contributed by atoms with Crippen molar-refractivity contribution in [3.63, 3.8) is 0 Å². The molecule has 2 fully saturated rings. The number of pyridine rings is 1. The lowest BCUT2D eigenvalue weighted by Gasteiger charge is -2.37. The Morgan fingerprint density at radius 3 is 3.10 bits per heavy atom. The molecule has 2 atom stereocenters. The number of thiophene rings is 1. The van der Waals surface area contributed by atoms with Crippen molar-refractivity contribution in [2.24, 2.45) is 0 Å². The van der Waals surface area contributed by atoms with Gasteiger partial charge >= 0.3 is 0 Å². The maximum Gasteiger partial charge on any atom is 0.125 e. The second-order valence-electron chi connectivity index (χ2n) is 8.21. The number of hydrogen-bond acceptors (Lipinski definition) is 7. The first-order valence-electron chi connectivity index (χ1n) is 10.6. The van der Waals surface area contributed by atoms with Crippen molar-refractivity contribution in [3.8, 4) is 0 Å². The van der Waals surface area contributed by atoms with Crippen molar-refractivity contribution in [3.05, 3.63) is 46.9 Å². The fourth-order valence-electron chi connectivity index (χ4n) is 5.30. The van der Waals surface area contributed by atoms with E-state index in [9.17, 15) is 0 Å². The van der Waals surface area contributed by atoms with Crippen LogP contribution in [0.25, 0.3) is 20.4 Å². The molecule has 7 heteroatoms. The van der Waals surface area contributed by atoms with E-state index in [-0.39, 0.29) is 5.54 Å². The Bertz CT molecular complexity index is 1210. The van der Waals surface area contributed by atoms with Crippen molar-refractivity contribution in [1.29, 1.82) is 0 Å². The number of rotatable bonds is 4. The van der Waals surface area contributed by atoms with Crippen LogP contribution in [-0.2, 0) is 4.74 Å². The number of ether oxygens (including phenoxy) is 1. The van der Waals surface area contributed by atoms with E-state index in [0.717, 1.165) is 54.4 Å². The smallest absolute Gasteiger partial charge is 0.125 e. The zero-order chi connectivity index (χ0) is 20.1. The second kappa shape index (κ2) is 7.27. The SMILES string of the molecule is CCN1CC[C@H](c2cc3c(Nc4ccc5scnc5c4)ccnc3s2)[C@@]12CCOC2. The number of hydrogen-bond donors (Lipinski definition) is 1. The van der Waals surface area contributed by atoms with Gasteiger partial charge in [0.05, 0.1) is 33.6 Å². The number of likely N-dealkylation sites (N-methyl/N-ethyl adjacent to an activating group) is 1. The van der Waals surface area contributed by atoms with E-state index >= 15 is 0 Å². The van der Waals surface area contributed by atoms with Gasteiger partial charge in [0.2, 0.25) is 0 Å². The van der Waals surface area contributed by atoms with Gasteiger partial charge in [-0.3, -0.25) is 4.90 Å². The molecule has 0 bridgehead atoms. The average molecular weight is 437 g/mol. The summed E-state index contributed by atoms with van der Waals surface area (Å²) in [6.45, 7) is 6.25. The molecular formula is C23H24N4OS2. The topological polar surface area (TPSA) is 50.3 Å². The summed E-state index contributed by atoms with van der Waals surface area (Å²) in [6, 6.07) is 10.8. The van der Waals surface area contributed by atoms with Crippen LogP contribution in [-0.4, -0.2) is 46.7 Å². The molecule has 0 radical (unpaired) electrons. The zero-order valence-corrected chi connectivity index (χ0v) is 18.6. The number of fused-ring (bicyclic) bond motifs is 2. The van der Waals surface area contributed by atoms with E-state index in [4.69, 9.17) is 9.72 Å². The molecule has 4 aromatic rings. The molecule has 2 saturated heterocycles. The van der Waals surface area contributed by atoms with Crippen LogP contribution in [0.5, 0.6) is 0 Å². The molecule has 0 aliphatic carbocycles. The standard InChI is InChI=1S/C23H24N4OS2/c1-2-27-9-6-17(23(27)7-10-28-13-23)21-12-16-18(5-8-24-22(16)30-21)26-15-3-4-20-19(11-15)25-14-29-20/h3-5,8,11-12,14,17H,2,6-7,9-10,13H2,1H3,(H,24,26)/t17-,23+/m1/s1. The molecule has 1 N–H and O–H groups in total. The van der Waals surface area contributed by atoms with Crippen LogP contribution in [0.15, 0.2) is 42.0 Å². The highest BCUT2D eigenvalue weighted by Gasteiger charge is 2.51. The number of thiazole rings is 1. The lowest BCUT2D eigenvalue weighted by atomic mass is 9.82. The van der Waals surface area contributed by atoms with Gasteiger partial charge in [-0.05, 0) is 56.3 Å². The molecule has 0 unspecified atom stereocenters. The van der Waals surface area contributed by atoms with E-state index in [0.29, 0.717) is 5.92 Å². The van der Waals surface area contributed by atoms with Crippen LogP contribution in [0.1, 0.15) is 30.6 Å². The minimum absolute atomic E-state index is 0.166. The van der Waals surface area contributed by atoms with Crippen molar-refractivity contribution in [1.82, 2.24) is 14.9 Å². The Balaban J connectivity index is 1.37. The lowest BCUT2D eigenvalue weighted by Crippen LogP contribution is -2.47. The highest BCUT2D eigenvalue weighted by atomic mass is 32.1. The van der Waals surface area contributed by atoms with Gasteiger partial charge in [-0.2, -0.15) is 0 Å². The zero-order valence-electron chi connectivity index (χ0n) is 16.9. The Morgan fingerprint density at radius 2 is 2.23 bits per heavy atom. The molecule has 2 aliphatic rings. The van der Waals surface area contributed by atoms with Crippen molar-refractivity contribution < 1.29 is 4.74 Å². The summed E-state index contributed by atoms with van der Waals surface area (Å²) in [5, 5.41) is 4.82. The predicted octanol–water partition coefficient (Wildman–Crippen LogP) is 5.62. The van der Waals surface area contributed by atoms with Crippen molar-refractivity contribution in [2.45, 2.75) is 31.2 Å². The van der Waals surface area contributed by atoms with Gasteiger partial charge in [-0.1, -0.05) is 6.92 Å². The molecule has 6 rings (SSSR count). The van der Waals surface area contributed by atoms with Crippen LogP contribution in [0.2, 0.25) is 0 Å². The highest BCUT2D eigenvalue weighted by molar-refractivity contribution is 7.18. The van der Waals surface area contributed by atoms with Gasteiger partial charge in [-0.25, -0.2) is 9.97 Å². The Hall–Kier alpha value is -2.06. The third-order valence-electron chi connectivity index (χ3n) is 6.79. The molecule has 1 aromatic carbocycles. The first kappa shape index (κ1) is 18.7. The second-order valence-corrected chi connectivity index (χ2v) is 10.2. The summed E-state index contributed by atoms with van der Waals surface area (Å²) in [7, 11) is 0. The van der Waals surface area contributed by atoms with Crippen molar-refractivity contribution in [2.75, 3.05) is 31.6 Å². The lowest BCUT2D eigenvalue weighted by molar-refractivity contribution is 0.0963. The van der Waals surface area contributed by atoms with Gasteiger partial charge < -0.3 is 10.1 Å². The number of likely N-dealkylation sites (tertiary alicyclic amines) is 1. The summed E-state index contributed by atoms with van der Waals surface area (Å²) in [6.07, 6.45) is 4.24. The molecule has 5 nitrogen and oxygen atoms in total. The quantitative estimate of drug-likeness (QED) is 0.450. The van der Waals surface area contributed by atoms with E-state index in [1.807, 2.05) is 23.0 Å². The van der Waals surface area contributed by atoms with Gasteiger partial charge in [0.25, 0.3) is 0 Å². The molecule has 3 aromatic heterocycles. The van der Waals surface area contributed by atoms with Crippen LogP contribution in [0.3, 0.4) is 0 Å². The Kier molecular flexibility index (Phi) is 4.53. The van der Waals surface area contributed by atoms with E-state index in [1.54, 1.807) is 11.3 Å². The normalized spacial score (nSPS) is 24.5. The Labute approximate surface area is 183 Å². The van der Waals surface area contributed by atoms with E-state index < -0.39 is 0 Å². The number of nitrogens with one attached hydrogen (secondary N) is 1. The first-order valence-corrected chi connectivity index (χ1v) is 12.3. The fraction of sp³-hybridized carbons (Fsp3) is 0.391. The maximum absolute atomic E-state index is 5.90. The highest BCUT2D eigenvalue weighted by Crippen LogP contribution is 2.49. The number of benzene rings is 1. The summed E-state index contributed by atoms with van der Waals surface area (Å²) >= 11 is 3.52. The number of anilines is 2. The summed E-state index contributed by atoms with van der Waals surface area (Å²) in [5.41, 5.74) is 5.27. The number of aromatic nitrogens is 2.